The van der Waals surface area contributed by atoms with Crippen LogP contribution in [0.25, 0.3) is 11.0 Å². The van der Waals surface area contributed by atoms with E-state index < -0.39 is 0 Å². The van der Waals surface area contributed by atoms with Gasteiger partial charge in [0, 0.05) is 11.4 Å². The Hall–Kier alpha value is -2.04. The normalized spacial score (nSPS) is 16.4. The predicted octanol–water partition coefficient (Wildman–Crippen LogP) is 3.66. The van der Waals surface area contributed by atoms with E-state index >= 15 is 0 Å². The van der Waals surface area contributed by atoms with Crippen molar-refractivity contribution >= 4 is 17.0 Å². The van der Waals surface area contributed by atoms with Crippen LogP contribution in [0.4, 0.5) is 4.79 Å². The van der Waals surface area contributed by atoms with Crippen LogP contribution in [0.15, 0.2) is 22.7 Å². The molecule has 1 aromatic heterocycles. The Morgan fingerprint density at radius 2 is 2.05 bits per heavy atom. The lowest BCUT2D eigenvalue weighted by Crippen LogP contribution is -2.41. The first-order valence-corrected chi connectivity index (χ1v) is 8.11. The standard InChI is InChI=1S/C17H23N3O2/c1-12-8-9-16-14(10-12)15(20-22-16)11-18-17(21)19-13-6-4-2-3-5-7-13/h8-10,13H,2-7,11H2,1H3,(H2,18,19,21). The van der Waals surface area contributed by atoms with Crippen LogP contribution in [0.3, 0.4) is 0 Å². The molecule has 3 rings (SSSR count). The van der Waals surface area contributed by atoms with Gasteiger partial charge in [0.2, 0.25) is 0 Å². The number of carbonyl (C=O) groups excluding carboxylic acids is 1. The number of aromatic nitrogens is 1. The summed E-state index contributed by atoms with van der Waals surface area (Å²) in [6.07, 6.45) is 7.14. The third-order valence-electron chi connectivity index (χ3n) is 4.31. The molecule has 2 amide bonds. The molecule has 1 aliphatic carbocycles. The van der Waals surface area contributed by atoms with Gasteiger partial charge in [0.25, 0.3) is 0 Å². The summed E-state index contributed by atoms with van der Waals surface area (Å²) in [6, 6.07) is 6.12. The van der Waals surface area contributed by atoms with Gasteiger partial charge in [-0.1, -0.05) is 42.5 Å². The van der Waals surface area contributed by atoms with E-state index in [0.29, 0.717) is 12.6 Å². The number of nitrogens with one attached hydrogen (secondary N) is 2. The molecule has 118 valence electrons. The maximum atomic E-state index is 12.0. The topological polar surface area (TPSA) is 67.2 Å². The van der Waals surface area contributed by atoms with Crippen LogP contribution in [0.5, 0.6) is 0 Å². The molecular weight excluding hydrogens is 278 g/mol. The van der Waals surface area contributed by atoms with E-state index in [-0.39, 0.29) is 6.03 Å². The summed E-state index contributed by atoms with van der Waals surface area (Å²) in [5.74, 6) is 0. The molecule has 5 nitrogen and oxygen atoms in total. The third kappa shape index (κ3) is 3.59. The van der Waals surface area contributed by atoms with Gasteiger partial charge in [0.1, 0.15) is 5.69 Å². The highest BCUT2D eigenvalue weighted by molar-refractivity contribution is 5.81. The predicted molar refractivity (Wildman–Crippen MR) is 85.6 cm³/mol. The van der Waals surface area contributed by atoms with Crippen LogP contribution in [0, 0.1) is 6.92 Å². The summed E-state index contributed by atoms with van der Waals surface area (Å²) in [5, 5.41) is 11.0. The fraction of sp³-hybridized carbons (Fsp3) is 0.529. The van der Waals surface area contributed by atoms with Crippen molar-refractivity contribution in [3.8, 4) is 0 Å². The molecule has 5 heteroatoms. The summed E-state index contributed by atoms with van der Waals surface area (Å²) in [4.78, 5) is 12.0. The highest BCUT2D eigenvalue weighted by Crippen LogP contribution is 2.20. The van der Waals surface area contributed by atoms with Gasteiger partial charge in [-0.3, -0.25) is 0 Å². The van der Waals surface area contributed by atoms with Crippen molar-refractivity contribution in [3.63, 3.8) is 0 Å². The summed E-state index contributed by atoms with van der Waals surface area (Å²) in [6.45, 7) is 2.41. The fourth-order valence-corrected chi connectivity index (χ4v) is 3.05. The number of amides is 2. The first kappa shape index (κ1) is 14.9. The lowest BCUT2D eigenvalue weighted by atomic mass is 10.1. The van der Waals surface area contributed by atoms with Gasteiger partial charge in [-0.05, 0) is 31.9 Å². The Morgan fingerprint density at radius 3 is 2.82 bits per heavy atom. The molecule has 0 saturated heterocycles. The van der Waals surface area contributed by atoms with Gasteiger partial charge in [-0.25, -0.2) is 4.79 Å². The van der Waals surface area contributed by atoms with Gasteiger partial charge < -0.3 is 15.2 Å². The number of rotatable bonds is 3. The average Bonchev–Trinajstić information content (AvgIpc) is 2.72. The van der Waals surface area contributed by atoms with E-state index in [1.807, 2.05) is 25.1 Å². The summed E-state index contributed by atoms with van der Waals surface area (Å²) in [7, 11) is 0. The molecule has 2 N–H and O–H groups in total. The van der Waals surface area contributed by atoms with Crippen molar-refractivity contribution in [2.24, 2.45) is 0 Å². The van der Waals surface area contributed by atoms with Crippen molar-refractivity contribution < 1.29 is 9.32 Å². The quantitative estimate of drug-likeness (QED) is 0.850. The molecule has 1 heterocycles. The fourth-order valence-electron chi connectivity index (χ4n) is 3.05. The van der Waals surface area contributed by atoms with E-state index in [2.05, 4.69) is 15.8 Å². The van der Waals surface area contributed by atoms with Crippen molar-refractivity contribution in [2.75, 3.05) is 0 Å². The zero-order valence-corrected chi connectivity index (χ0v) is 13.0. The van der Waals surface area contributed by atoms with Crippen molar-refractivity contribution in [3.05, 3.63) is 29.5 Å². The van der Waals surface area contributed by atoms with Gasteiger partial charge in [-0.2, -0.15) is 0 Å². The first-order chi connectivity index (χ1) is 10.7. The Labute approximate surface area is 130 Å². The smallest absolute Gasteiger partial charge is 0.315 e. The number of fused-ring (bicyclic) bond motifs is 1. The molecule has 0 spiro atoms. The van der Waals surface area contributed by atoms with Gasteiger partial charge in [-0.15, -0.1) is 0 Å². The Kier molecular flexibility index (Phi) is 4.61. The average molecular weight is 301 g/mol. The molecule has 2 aromatic rings. The molecule has 0 bridgehead atoms. The van der Waals surface area contributed by atoms with Crippen molar-refractivity contribution in [1.82, 2.24) is 15.8 Å². The molecule has 0 radical (unpaired) electrons. The minimum absolute atomic E-state index is 0.115. The van der Waals surface area contributed by atoms with Crippen molar-refractivity contribution in [2.45, 2.75) is 58.0 Å². The van der Waals surface area contributed by atoms with Crippen LogP contribution < -0.4 is 10.6 Å². The van der Waals surface area contributed by atoms with Gasteiger partial charge >= 0.3 is 6.03 Å². The Morgan fingerprint density at radius 1 is 1.27 bits per heavy atom. The number of aryl methyl sites for hydroxylation is 1. The molecule has 1 fully saturated rings. The highest BCUT2D eigenvalue weighted by Gasteiger charge is 2.15. The molecule has 22 heavy (non-hydrogen) atoms. The zero-order chi connectivity index (χ0) is 15.4. The highest BCUT2D eigenvalue weighted by atomic mass is 16.5. The molecular formula is C17H23N3O2. The third-order valence-corrected chi connectivity index (χ3v) is 4.31. The molecule has 1 aromatic carbocycles. The summed E-state index contributed by atoms with van der Waals surface area (Å²) in [5.41, 5.74) is 2.68. The van der Waals surface area contributed by atoms with Crippen LogP contribution in [0.2, 0.25) is 0 Å². The Bertz CT molecular complexity index is 642. The zero-order valence-electron chi connectivity index (χ0n) is 13.0. The second kappa shape index (κ2) is 6.81. The molecule has 0 aliphatic heterocycles. The van der Waals surface area contributed by atoms with E-state index in [1.54, 1.807) is 0 Å². The summed E-state index contributed by atoms with van der Waals surface area (Å²) >= 11 is 0. The second-order valence-electron chi connectivity index (χ2n) is 6.14. The molecule has 0 unspecified atom stereocenters. The monoisotopic (exact) mass is 301 g/mol. The van der Waals surface area contributed by atoms with E-state index in [9.17, 15) is 4.79 Å². The lowest BCUT2D eigenvalue weighted by Gasteiger charge is -2.16. The number of hydrogen-bond donors (Lipinski definition) is 2. The summed E-state index contributed by atoms with van der Waals surface area (Å²) < 4.78 is 5.28. The van der Waals surface area contributed by atoms with E-state index in [0.717, 1.165) is 35.1 Å². The van der Waals surface area contributed by atoms with E-state index in [4.69, 9.17) is 4.52 Å². The maximum absolute atomic E-state index is 12.0. The Balaban J connectivity index is 1.56. The minimum Gasteiger partial charge on any atom is -0.356 e. The van der Waals surface area contributed by atoms with Crippen LogP contribution >= 0.6 is 0 Å². The van der Waals surface area contributed by atoms with Crippen LogP contribution in [-0.4, -0.2) is 17.2 Å². The largest absolute Gasteiger partial charge is 0.356 e. The number of urea groups is 1. The van der Waals surface area contributed by atoms with Crippen LogP contribution in [0.1, 0.15) is 49.8 Å². The molecule has 1 aliphatic rings. The van der Waals surface area contributed by atoms with Gasteiger partial charge in [0.15, 0.2) is 5.58 Å². The lowest BCUT2D eigenvalue weighted by molar-refractivity contribution is 0.235. The maximum Gasteiger partial charge on any atom is 0.315 e. The van der Waals surface area contributed by atoms with Crippen LogP contribution in [-0.2, 0) is 6.54 Å². The number of benzene rings is 1. The minimum atomic E-state index is -0.115. The SMILES string of the molecule is Cc1ccc2onc(CNC(=O)NC3CCCCCC3)c2c1. The first-order valence-electron chi connectivity index (χ1n) is 8.11. The second-order valence-corrected chi connectivity index (χ2v) is 6.14. The van der Waals surface area contributed by atoms with Gasteiger partial charge in [0.05, 0.1) is 6.54 Å². The molecule has 1 saturated carbocycles. The molecule has 0 atom stereocenters. The van der Waals surface area contributed by atoms with Crippen molar-refractivity contribution in [1.29, 1.82) is 0 Å². The number of hydrogen-bond acceptors (Lipinski definition) is 3. The number of carbonyl (C=O) groups is 1. The number of nitrogens with zero attached hydrogens (tertiary/aromatic N) is 1. The van der Waals surface area contributed by atoms with E-state index in [1.165, 1.54) is 25.7 Å².